The number of aryl methyl sites for hydroxylation is 1. The predicted molar refractivity (Wildman–Crippen MR) is 80.6 cm³/mol. The lowest BCUT2D eigenvalue weighted by molar-refractivity contribution is 1.08. The minimum Gasteiger partial charge on any atom is -0.375 e. The zero-order chi connectivity index (χ0) is 14.1. The van der Waals surface area contributed by atoms with E-state index < -0.39 is 0 Å². The van der Waals surface area contributed by atoms with Crippen molar-refractivity contribution in [3.05, 3.63) is 52.4 Å². The highest BCUT2D eigenvalue weighted by Gasteiger charge is 2.15. The van der Waals surface area contributed by atoms with Gasteiger partial charge in [0.15, 0.2) is 11.0 Å². The summed E-state index contributed by atoms with van der Waals surface area (Å²) in [4.78, 5) is 23.8. The van der Waals surface area contributed by atoms with Crippen LogP contribution in [0, 0.1) is 6.92 Å². The first-order valence-corrected chi connectivity index (χ1v) is 6.85. The molecule has 3 N–H and O–H groups in total. The molecule has 0 atom stereocenters. The van der Waals surface area contributed by atoms with Crippen molar-refractivity contribution in [2.45, 2.75) is 6.92 Å². The van der Waals surface area contributed by atoms with Gasteiger partial charge in [0.1, 0.15) is 0 Å². The van der Waals surface area contributed by atoms with Crippen molar-refractivity contribution in [1.29, 1.82) is 0 Å². The van der Waals surface area contributed by atoms with Crippen LogP contribution in [0.15, 0.2) is 41.2 Å². The highest BCUT2D eigenvalue weighted by molar-refractivity contribution is 7.19. The summed E-state index contributed by atoms with van der Waals surface area (Å²) < 4.78 is 0. The van der Waals surface area contributed by atoms with Gasteiger partial charge in [0.2, 0.25) is 0 Å². The number of nitrogen functional groups attached to an aromatic ring is 1. The predicted octanol–water partition coefficient (Wildman–Crippen LogP) is 2.45. The molecule has 2 aromatic heterocycles. The van der Waals surface area contributed by atoms with Gasteiger partial charge >= 0.3 is 0 Å². The lowest BCUT2D eigenvalue weighted by atomic mass is 10.1. The van der Waals surface area contributed by atoms with Crippen LogP contribution in [0.25, 0.3) is 22.0 Å². The highest BCUT2D eigenvalue weighted by Crippen LogP contribution is 2.35. The summed E-state index contributed by atoms with van der Waals surface area (Å²) in [6.07, 6.45) is 0. The second-order valence-electron chi connectivity index (χ2n) is 4.33. The van der Waals surface area contributed by atoms with Crippen LogP contribution < -0.4 is 11.3 Å². The Bertz CT molecular complexity index is 808. The van der Waals surface area contributed by atoms with Crippen molar-refractivity contribution in [3.8, 4) is 22.0 Å². The van der Waals surface area contributed by atoms with Gasteiger partial charge in [-0.2, -0.15) is 0 Å². The van der Waals surface area contributed by atoms with Gasteiger partial charge in [-0.1, -0.05) is 41.7 Å². The first-order chi connectivity index (χ1) is 9.63. The molecular formula is C14H12N4OS. The standard InChI is InChI=1S/C14H12N4OS/c1-8-7-10(19)17-13(16-8)12-11(18-14(15)20-12)9-5-3-2-4-6-9/h2-7H,1H3,(H2,15,18)(H,16,17,19). The normalized spacial score (nSPS) is 10.7. The number of aromatic amines is 1. The zero-order valence-corrected chi connectivity index (χ0v) is 11.6. The van der Waals surface area contributed by atoms with E-state index in [1.807, 2.05) is 30.3 Å². The van der Waals surface area contributed by atoms with E-state index in [1.165, 1.54) is 17.4 Å². The number of thiazole rings is 1. The quantitative estimate of drug-likeness (QED) is 0.757. The minimum atomic E-state index is -0.182. The number of H-pyrrole nitrogens is 1. The Balaban J connectivity index is 2.22. The summed E-state index contributed by atoms with van der Waals surface area (Å²) in [5.74, 6) is 0.503. The maximum Gasteiger partial charge on any atom is 0.251 e. The van der Waals surface area contributed by atoms with Gasteiger partial charge in [-0.3, -0.25) is 4.79 Å². The third kappa shape index (κ3) is 2.33. The summed E-state index contributed by atoms with van der Waals surface area (Å²) in [6.45, 7) is 1.78. The van der Waals surface area contributed by atoms with E-state index in [2.05, 4.69) is 15.0 Å². The lowest BCUT2D eigenvalue weighted by Gasteiger charge is -2.02. The number of hydrogen-bond donors (Lipinski definition) is 2. The van der Waals surface area contributed by atoms with Crippen molar-refractivity contribution in [2.24, 2.45) is 0 Å². The first-order valence-electron chi connectivity index (χ1n) is 6.03. The fourth-order valence-electron chi connectivity index (χ4n) is 1.98. The van der Waals surface area contributed by atoms with Crippen LogP contribution in [0.4, 0.5) is 5.13 Å². The molecule has 0 bridgehead atoms. The van der Waals surface area contributed by atoms with Crippen molar-refractivity contribution < 1.29 is 0 Å². The molecule has 3 rings (SSSR count). The first kappa shape index (κ1) is 12.6. The molecule has 0 aliphatic carbocycles. The van der Waals surface area contributed by atoms with Gasteiger partial charge in [-0.05, 0) is 6.92 Å². The molecule has 0 aliphatic rings. The van der Waals surface area contributed by atoms with E-state index in [-0.39, 0.29) is 5.56 Å². The van der Waals surface area contributed by atoms with Crippen LogP contribution in [0.3, 0.4) is 0 Å². The molecule has 0 fully saturated rings. The van der Waals surface area contributed by atoms with E-state index in [0.29, 0.717) is 16.6 Å². The van der Waals surface area contributed by atoms with Gasteiger partial charge < -0.3 is 10.7 Å². The van der Waals surface area contributed by atoms with Gasteiger partial charge in [-0.25, -0.2) is 9.97 Å². The molecule has 0 radical (unpaired) electrons. The number of nitrogens with one attached hydrogen (secondary N) is 1. The Labute approximate surface area is 119 Å². The summed E-state index contributed by atoms with van der Waals surface area (Å²) in [7, 11) is 0. The number of benzene rings is 1. The molecule has 0 aliphatic heterocycles. The van der Waals surface area contributed by atoms with Crippen molar-refractivity contribution in [1.82, 2.24) is 15.0 Å². The SMILES string of the molecule is Cc1cc(=O)[nH]c(-c2sc(N)nc2-c2ccccc2)n1. The number of hydrogen-bond acceptors (Lipinski definition) is 5. The second-order valence-corrected chi connectivity index (χ2v) is 5.36. The fourth-order valence-corrected chi connectivity index (χ4v) is 2.78. The van der Waals surface area contributed by atoms with Crippen molar-refractivity contribution >= 4 is 16.5 Å². The molecule has 1 aromatic carbocycles. The second kappa shape index (κ2) is 4.90. The molecule has 0 amide bonds. The van der Waals surface area contributed by atoms with Gasteiger partial charge in [0, 0.05) is 17.3 Å². The average molecular weight is 284 g/mol. The molecule has 0 saturated heterocycles. The van der Waals surface area contributed by atoms with E-state index in [4.69, 9.17) is 5.73 Å². The fraction of sp³-hybridized carbons (Fsp3) is 0.0714. The van der Waals surface area contributed by atoms with E-state index in [0.717, 1.165) is 16.1 Å². The Hall–Kier alpha value is -2.47. The molecule has 0 unspecified atom stereocenters. The molecule has 5 nitrogen and oxygen atoms in total. The van der Waals surface area contributed by atoms with E-state index in [1.54, 1.807) is 6.92 Å². The number of anilines is 1. The van der Waals surface area contributed by atoms with E-state index in [9.17, 15) is 4.79 Å². The summed E-state index contributed by atoms with van der Waals surface area (Å²) in [6, 6.07) is 11.2. The van der Waals surface area contributed by atoms with Gasteiger partial charge in [-0.15, -0.1) is 0 Å². The van der Waals surface area contributed by atoms with Gasteiger partial charge in [0.25, 0.3) is 5.56 Å². The van der Waals surface area contributed by atoms with Crippen molar-refractivity contribution in [3.63, 3.8) is 0 Å². The minimum absolute atomic E-state index is 0.182. The van der Waals surface area contributed by atoms with Crippen LogP contribution >= 0.6 is 11.3 Å². The molecule has 3 aromatic rings. The van der Waals surface area contributed by atoms with Crippen LogP contribution in [-0.4, -0.2) is 15.0 Å². The van der Waals surface area contributed by atoms with Crippen molar-refractivity contribution in [2.75, 3.05) is 5.73 Å². The molecular weight excluding hydrogens is 272 g/mol. The van der Waals surface area contributed by atoms with Crippen LogP contribution in [-0.2, 0) is 0 Å². The molecule has 6 heteroatoms. The van der Waals surface area contributed by atoms with Gasteiger partial charge in [0.05, 0.1) is 10.6 Å². The molecule has 20 heavy (non-hydrogen) atoms. The number of nitrogens with zero attached hydrogens (tertiary/aromatic N) is 2. The number of aromatic nitrogens is 3. The molecule has 2 heterocycles. The van der Waals surface area contributed by atoms with E-state index >= 15 is 0 Å². The average Bonchev–Trinajstić information content (AvgIpc) is 2.81. The summed E-state index contributed by atoms with van der Waals surface area (Å²) in [5.41, 5.74) is 7.98. The highest BCUT2D eigenvalue weighted by atomic mass is 32.1. The molecule has 0 spiro atoms. The monoisotopic (exact) mass is 284 g/mol. The maximum atomic E-state index is 11.6. The van der Waals surface area contributed by atoms with Crippen LogP contribution in [0.1, 0.15) is 5.69 Å². The topological polar surface area (TPSA) is 84.7 Å². The Morgan fingerprint density at radius 2 is 1.95 bits per heavy atom. The Morgan fingerprint density at radius 3 is 2.65 bits per heavy atom. The third-order valence-electron chi connectivity index (χ3n) is 2.78. The number of rotatable bonds is 2. The summed E-state index contributed by atoms with van der Waals surface area (Å²) >= 11 is 1.31. The largest absolute Gasteiger partial charge is 0.375 e. The smallest absolute Gasteiger partial charge is 0.251 e. The Kier molecular flexibility index (Phi) is 3.08. The maximum absolute atomic E-state index is 11.6. The molecule has 100 valence electrons. The number of nitrogens with two attached hydrogens (primary N) is 1. The van der Waals surface area contributed by atoms with Crippen LogP contribution in [0.5, 0.6) is 0 Å². The lowest BCUT2D eigenvalue weighted by Crippen LogP contribution is -2.08. The van der Waals surface area contributed by atoms with Crippen LogP contribution in [0.2, 0.25) is 0 Å². The zero-order valence-electron chi connectivity index (χ0n) is 10.8. The Morgan fingerprint density at radius 1 is 1.20 bits per heavy atom. The third-order valence-corrected chi connectivity index (χ3v) is 3.67. The molecule has 0 saturated carbocycles. The summed E-state index contributed by atoms with van der Waals surface area (Å²) in [5, 5.41) is 0.447.